The van der Waals surface area contributed by atoms with Crippen molar-refractivity contribution in [2.75, 3.05) is 13.2 Å². The number of hydrogen-bond acceptors (Lipinski definition) is 3. The molecular formula is C14H18O3. The molecule has 0 saturated carbocycles. The van der Waals surface area contributed by atoms with Crippen LogP contribution in [0.5, 0.6) is 11.5 Å². The summed E-state index contributed by atoms with van der Waals surface area (Å²) in [4.78, 5) is 10.5. The zero-order valence-corrected chi connectivity index (χ0v) is 10.4. The number of aldehydes is 1. The van der Waals surface area contributed by atoms with Crippen LogP contribution in [0.1, 0.15) is 37.3 Å². The third-order valence-corrected chi connectivity index (χ3v) is 2.95. The molecule has 3 heteroatoms. The van der Waals surface area contributed by atoms with Crippen LogP contribution in [0.15, 0.2) is 12.1 Å². The summed E-state index contributed by atoms with van der Waals surface area (Å²) in [5.74, 6) is 2.07. The molecule has 0 radical (unpaired) electrons. The van der Waals surface area contributed by atoms with Gasteiger partial charge in [0.05, 0.1) is 0 Å². The molecule has 0 unspecified atom stereocenters. The van der Waals surface area contributed by atoms with Crippen LogP contribution >= 0.6 is 0 Å². The van der Waals surface area contributed by atoms with Crippen LogP contribution in [0.2, 0.25) is 0 Å². The molecule has 3 nitrogen and oxygen atoms in total. The Labute approximate surface area is 102 Å². The van der Waals surface area contributed by atoms with Gasteiger partial charge in [-0.1, -0.05) is 19.9 Å². The van der Waals surface area contributed by atoms with Crippen molar-refractivity contribution in [3.05, 3.63) is 23.3 Å². The first-order valence-electron chi connectivity index (χ1n) is 6.09. The predicted octanol–water partition coefficient (Wildman–Crippen LogP) is 2.71. The van der Waals surface area contributed by atoms with E-state index < -0.39 is 0 Å². The molecule has 1 aliphatic rings. The van der Waals surface area contributed by atoms with Gasteiger partial charge in [-0.2, -0.15) is 0 Å². The molecule has 0 bridgehead atoms. The highest BCUT2D eigenvalue weighted by atomic mass is 16.6. The van der Waals surface area contributed by atoms with Crippen LogP contribution in [0.3, 0.4) is 0 Å². The Morgan fingerprint density at radius 3 is 2.76 bits per heavy atom. The third-order valence-electron chi connectivity index (χ3n) is 2.95. The molecule has 1 aromatic rings. The minimum absolute atomic E-state index is 0.369. The fourth-order valence-corrected chi connectivity index (χ4v) is 2.24. The lowest BCUT2D eigenvalue weighted by atomic mass is 9.93. The van der Waals surface area contributed by atoms with Gasteiger partial charge in [0.25, 0.3) is 0 Å². The number of aryl methyl sites for hydroxylation is 1. The monoisotopic (exact) mass is 234 g/mol. The summed E-state index contributed by atoms with van der Waals surface area (Å²) in [5, 5.41) is 0. The zero-order chi connectivity index (χ0) is 12.3. The second-order valence-corrected chi connectivity index (χ2v) is 4.52. The number of hydrogen-bond donors (Lipinski definition) is 0. The molecule has 0 saturated heterocycles. The van der Waals surface area contributed by atoms with Gasteiger partial charge < -0.3 is 14.3 Å². The first kappa shape index (κ1) is 12.0. The third kappa shape index (κ3) is 2.43. The van der Waals surface area contributed by atoms with Crippen LogP contribution in [0.4, 0.5) is 0 Å². The summed E-state index contributed by atoms with van der Waals surface area (Å²) in [6.07, 6.45) is 2.29. The lowest BCUT2D eigenvalue weighted by molar-refractivity contribution is -0.107. The van der Waals surface area contributed by atoms with Crippen molar-refractivity contribution in [3.8, 4) is 11.5 Å². The van der Waals surface area contributed by atoms with E-state index in [-0.39, 0.29) is 0 Å². The van der Waals surface area contributed by atoms with Crippen molar-refractivity contribution in [2.45, 2.75) is 32.6 Å². The Balaban J connectivity index is 2.42. The van der Waals surface area contributed by atoms with E-state index in [1.54, 1.807) is 0 Å². The van der Waals surface area contributed by atoms with Crippen molar-refractivity contribution in [3.63, 3.8) is 0 Å². The summed E-state index contributed by atoms with van der Waals surface area (Å²) >= 11 is 0. The van der Waals surface area contributed by atoms with Crippen molar-refractivity contribution in [2.24, 2.45) is 0 Å². The zero-order valence-electron chi connectivity index (χ0n) is 10.4. The molecule has 0 aromatic heterocycles. The molecule has 1 aliphatic heterocycles. The standard InChI is InChI=1S/C14H18O3/c1-10(2)13-11(4-3-7-15)5-6-12-14(13)17-9-8-16-12/h5-7,10H,3-4,8-9H2,1-2H3. The quantitative estimate of drug-likeness (QED) is 0.751. The molecule has 1 heterocycles. The van der Waals surface area contributed by atoms with E-state index in [2.05, 4.69) is 13.8 Å². The van der Waals surface area contributed by atoms with Crippen LogP contribution in [-0.4, -0.2) is 19.5 Å². The maximum absolute atomic E-state index is 10.5. The average Bonchev–Trinajstić information content (AvgIpc) is 2.35. The maximum atomic E-state index is 10.5. The molecule has 2 rings (SSSR count). The SMILES string of the molecule is CC(C)c1c(CCC=O)ccc2c1OCCO2. The minimum Gasteiger partial charge on any atom is -0.486 e. The second kappa shape index (κ2) is 5.21. The van der Waals surface area contributed by atoms with Crippen LogP contribution in [0, 0.1) is 0 Å². The summed E-state index contributed by atoms with van der Waals surface area (Å²) in [6.45, 7) is 5.48. The fraction of sp³-hybridized carbons (Fsp3) is 0.500. The van der Waals surface area contributed by atoms with E-state index in [0.717, 1.165) is 24.2 Å². The summed E-state index contributed by atoms with van der Waals surface area (Å²) in [6, 6.07) is 3.99. The first-order chi connectivity index (χ1) is 8.24. The Morgan fingerprint density at radius 2 is 2.06 bits per heavy atom. The Bertz CT molecular complexity index is 410. The van der Waals surface area contributed by atoms with Gasteiger partial charge in [0, 0.05) is 12.0 Å². The lowest BCUT2D eigenvalue weighted by Gasteiger charge is -2.24. The highest BCUT2D eigenvalue weighted by Crippen LogP contribution is 2.40. The molecule has 0 atom stereocenters. The molecule has 0 amide bonds. The molecule has 0 fully saturated rings. The van der Waals surface area contributed by atoms with Crippen LogP contribution in [0.25, 0.3) is 0 Å². The Kier molecular flexibility index (Phi) is 3.67. The van der Waals surface area contributed by atoms with Crippen molar-refractivity contribution in [1.82, 2.24) is 0 Å². The molecule has 0 aliphatic carbocycles. The van der Waals surface area contributed by atoms with E-state index in [4.69, 9.17) is 9.47 Å². The van der Waals surface area contributed by atoms with Gasteiger partial charge in [0.15, 0.2) is 11.5 Å². The normalized spacial score (nSPS) is 13.8. The maximum Gasteiger partial charge on any atom is 0.165 e. The molecule has 0 N–H and O–H groups in total. The topological polar surface area (TPSA) is 35.5 Å². The summed E-state index contributed by atoms with van der Waals surface area (Å²) < 4.78 is 11.3. The largest absolute Gasteiger partial charge is 0.486 e. The summed E-state index contributed by atoms with van der Waals surface area (Å²) in [5.41, 5.74) is 2.38. The average molecular weight is 234 g/mol. The number of benzene rings is 1. The van der Waals surface area contributed by atoms with Crippen LogP contribution in [-0.2, 0) is 11.2 Å². The highest BCUT2D eigenvalue weighted by molar-refractivity contribution is 5.55. The van der Waals surface area contributed by atoms with Gasteiger partial charge in [-0.25, -0.2) is 0 Å². The predicted molar refractivity (Wildman–Crippen MR) is 65.9 cm³/mol. The molecule has 92 valence electrons. The van der Waals surface area contributed by atoms with Gasteiger partial charge in [-0.3, -0.25) is 0 Å². The van der Waals surface area contributed by atoms with E-state index in [9.17, 15) is 4.79 Å². The van der Waals surface area contributed by atoms with Gasteiger partial charge in [-0.05, 0) is 24.0 Å². The number of rotatable bonds is 4. The fourth-order valence-electron chi connectivity index (χ4n) is 2.24. The minimum atomic E-state index is 0.369. The van der Waals surface area contributed by atoms with Gasteiger partial charge in [0.2, 0.25) is 0 Å². The van der Waals surface area contributed by atoms with E-state index in [1.165, 1.54) is 11.1 Å². The highest BCUT2D eigenvalue weighted by Gasteiger charge is 2.20. The number of carbonyl (C=O) groups is 1. The van der Waals surface area contributed by atoms with E-state index >= 15 is 0 Å². The van der Waals surface area contributed by atoms with Gasteiger partial charge in [-0.15, -0.1) is 0 Å². The second-order valence-electron chi connectivity index (χ2n) is 4.52. The van der Waals surface area contributed by atoms with Gasteiger partial charge >= 0.3 is 0 Å². The first-order valence-corrected chi connectivity index (χ1v) is 6.09. The van der Waals surface area contributed by atoms with Crippen molar-refractivity contribution in [1.29, 1.82) is 0 Å². The number of fused-ring (bicyclic) bond motifs is 1. The smallest absolute Gasteiger partial charge is 0.165 e. The van der Waals surface area contributed by atoms with E-state index in [1.807, 2.05) is 12.1 Å². The lowest BCUT2D eigenvalue weighted by Crippen LogP contribution is -2.17. The molecule has 0 spiro atoms. The van der Waals surface area contributed by atoms with E-state index in [0.29, 0.717) is 25.6 Å². The molecule has 17 heavy (non-hydrogen) atoms. The Morgan fingerprint density at radius 1 is 1.29 bits per heavy atom. The van der Waals surface area contributed by atoms with Crippen molar-refractivity contribution < 1.29 is 14.3 Å². The van der Waals surface area contributed by atoms with Crippen LogP contribution < -0.4 is 9.47 Å². The number of ether oxygens (including phenoxy) is 2. The van der Waals surface area contributed by atoms with Gasteiger partial charge in [0.1, 0.15) is 19.5 Å². The molecular weight excluding hydrogens is 216 g/mol. The Hall–Kier alpha value is -1.51. The number of carbonyl (C=O) groups excluding carboxylic acids is 1. The van der Waals surface area contributed by atoms with Crippen molar-refractivity contribution >= 4 is 6.29 Å². The molecule has 1 aromatic carbocycles. The summed E-state index contributed by atoms with van der Waals surface area (Å²) in [7, 11) is 0.